The molecule has 0 radical (unpaired) electrons. The lowest BCUT2D eigenvalue weighted by Crippen LogP contribution is -2.67. The van der Waals surface area contributed by atoms with Crippen LogP contribution in [0.1, 0.15) is 32.1 Å². The van der Waals surface area contributed by atoms with Gasteiger partial charge in [-0.3, -0.25) is 0 Å². The molecule has 0 amide bonds. The summed E-state index contributed by atoms with van der Waals surface area (Å²) in [4.78, 5) is 11.8. The maximum absolute atomic E-state index is 15.5. The number of rotatable bonds is 7. The first-order chi connectivity index (χ1) is 12.6. The van der Waals surface area contributed by atoms with Crippen LogP contribution in [0.25, 0.3) is 0 Å². The fourth-order valence-corrected chi connectivity index (χ4v) is 3.75. The van der Waals surface area contributed by atoms with E-state index >= 15 is 8.78 Å². The molecule has 156 valence electrons. The normalized spacial score (nSPS) is 31.6. The zero-order valence-electron chi connectivity index (χ0n) is 14.9. The maximum Gasteiger partial charge on any atom is 0.450 e. The molecule has 0 bridgehead atoms. The number of halogens is 5. The van der Waals surface area contributed by atoms with Crippen molar-refractivity contribution in [1.82, 2.24) is 0 Å². The van der Waals surface area contributed by atoms with E-state index in [2.05, 4.69) is 20.8 Å². The van der Waals surface area contributed by atoms with Gasteiger partial charge in [-0.15, -0.1) is 0 Å². The van der Waals surface area contributed by atoms with Gasteiger partial charge in [-0.25, -0.2) is 4.79 Å². The highest BCUT2D eigenvalue weighted by molar-refractivity contribution is 5.81. The van der Waals surface area contributed by atoms with E-state index in [0.29, 0.717) is 18.9 Å². The van der Waals surface area contributed by atoms with Crippen molar-refractivity contribution in [2.45, 2.75) is 55.6 Å². The molecule has 2 rings (SSSR count). The second-order valence-corrected chi connectivity index (χ2v) is 6.67. The van der Waals surface area contributed by atoms with E-state index in [0.717, 1.165) is 6.42 Å². The largest absolute Gasteiger partial charge is 0.450 e. The summed E-state index contributed by atoms with van der Waals surface area (Å²) in [6, 6.07) is 0. The van der Waals surface area contributed by atoms with Crippen LogP contribution in [0.5, 0.6) is 0 Å². The van der Waals surface area contributed by atoms with Crippen LogP contribution in [0.15, 0.2) is 12.7 Å². The molecule has 0 aromatic carbocycles. The minimum atomic E-state index is -5.57. The minimum Gasteiger partial charge on any atom is -0.446 e. The van der Waals surface area contributed by atoms with Crippen LogP contribution in [0.3, 0.4) is 0 Å². The summed E-state index contributed by atoms with van der Waals surface area (Å²) >= 11 is 0. The molecule has 2 fully saturated rings. The van der Waals surface area contributed by atoms with E-state index in [1.807, 2.05) is 0 Å². The minimum absolute atomic E-state index is 0.190. The molecule has 0 aromatic rings. The first kappa shape index (κ1) is 22.0. The smallest absolute Gasteiger partial charge is 0.446 e. The van der Waals surface area contributed by atoms with Crippen molar-refractivity contribution >= 4 is 5.97 Å². The van der Waals surface area contributed by atoms with Crippen LogP contribution in [-0.2, 0) is 23.7 Å². The lowest BCUT2D eigenvalue weighted by molar-refractivity contribution is -0.425. The van der Waals surface area contributed by atoms with E-state index in [1.54, 1.807) is 0 Å². The second-order valence-electron chi connectivity index (χ2n) is 6.67. The van der Waals surface area contributed by atoms with E-state index in [9.17, 15) is 18.0 Å². The Bertz CT molecular complexity index is 546. The van der Waals surface area contributed by atoms with Gasteiger partial charge >= 0.3 is 23.9 Å². The molecule has 27 heavy (non-hydrogen) atoms. The van der Waals surface area contributed by atoms with Gasteiger partial charge in [-0.2, -0.15) is 22.0 Å². The maximum atomic E-state index is 15.5. The van der Waals surface area contributed by atoms with Gasteiger partial charge in [0.25, 0.3) is 0 Å². The lowest BCUT2D eigenvalue weighted by atomic mass is 9.73. The molecular weight excluding hydrogens is 379 g/mol. The van der Waals surface area contributed by atoms with Crippen molar-refractivity contribution < 1.29 is 45.7 Å². The Morgan fingerprint density at radius 3 is 2.37 bits per heavy atom. The molecule has 5 nitrogen and oxygen atoms in total. The fraction of sp³-hybridized carbons (Fsp3) is 0.824. The molecule has 1 aliphatic heterocycles. The molecule has 1 saturated carbocycles. The molecule has 1 aliphatic carbocycles. The standard InChI is InChI=1S/C17H23F5O5/c1-3-13(23)27-14(12-7-5-4-6-8-12)11-26-16(15(14,18)19,17(20,21)22)25-10-9-24-2/h3,12H,1,4-11H2,2H3. The van der Waals surface area contributed by atoms with E-state index in [4.69, 9.17) is 4.74 Å². The Balaban J connectivity index is 2.50. The van der Waals surface area contributed by atoms with Gasteiger partial charge in [0, 0.05) is 19.1 Å². The summed E-state index contributed by atoms with van der Waals surface area (Å²) in [5, 5.41) is 0. The molecule has 10 heteroatoms. The average molecular weight is 402 g/mol. The van der Waals surface area contributed by atoms with Gasteiger partial charge in [0.2, 0.25) is 5.60 Å². The molecule has 2 unspecified atom stereocenters. The van der Waals surface area contributed by atoms with E-state index in [1.165, 1.54) is 7.11 Å². The number of carbonyl (C=O) groups excluding carboxylic acids is 1. The number of methoxy groups -OCH3 is 1. The van der Waals surface area contributed by atoms with Crippen molar-refractivity contribution in [2.75, 3.05) is 26.9 Å². The Hall–Kier alpha value is -1.26. The Morgan fingerprint density at radius 1 is 1.22 bits per heavy atom. The van der Waals surface area contributed by atoms with Gasteiger partial charge in [0.1, 0.15) is 0 Å². The SMILES string of the molecule is C=CC(=O)OC1(C2CCCCC2)COC(OCCOC)(C(F)(F)F)C1(F)F. The van der Waals surface area contributed by atoms with Crippen LogP contribution in [0, 0.1) is 5.92 Å². The van der Waals surface area contributed by atoms with Crippen LogP contribution in [-0.4, -0.2) is 56.4 Å². The first-order valence-corrected chi connectivity index (χ1v) is 8.65. The zero-order chi connectivity index (χ0) is 20.3. The summed E-state index contributed by atoms with van der Waals surface area (Å²) in [7, 11) is 1.19. The van der Waals surface area contributed by atoms with Crippen LogP contribution in [0.4, 0.5) is 22.0 Å². The predicted molar refractivity (Wildman–Crippen MR) is 83.1 cm³/mol. The van der Waals surface area contributed by atoms with Gasteiger partial charge in [0.05, 0.1) is 19.8 Å². The summed E-state index contributed by atoms with van der Waals surface area (Å²) in [6.07, 6.45) is -2.70. The first-order valence-electron chi connectivity index (χ1n) is 8.65. The summed E-state index contributed by atoms with van der Waals surface area (Å²) < 4.78 is 90.8. The van der Waals surface area contributed by atoms with Crippen molar-refractivity contribution in [3.05, 3.63) is 12.7 Å². The molecule has 0 aromatic heterocycles. The quantitative estimate of drug-likeness (QED) is 0.282. The Morgan fingerprint density at radius 2 is 1.85 bits per heavy atom. The number of hydrogen-bond donors (Lipinski definition) is 0. The van der Waals surface area contributed by atoms with Crippen molar-refractivity contribution in [2.24, 2.45) is 5.92 Å². The van der Waals surface area contributed by atoms with Crippen LogP contribution in [0.2, 0.25) is 0 Å². The molecule has 2 atom stereocenters. The summed E-state index contributed by atoms with van der Waals surface area (Å²) in [5.41, 5.74) is -2.79. The fourth-order valence-electron chi connectivity index (χ4n) is 3.75. The highest BCUT2D eigenvalue weighted by Crippen LogP contribution is 2.60. The predicted octanol–water partition coefficient (Wildman–Crippen LogP) is 3.62. The molecule has 1 saturated heterocycles. The second kappa shape index (κ2) is 8.00. The van der Waals surface area contributed by atoms with E-state index in [-0.39, 0.29) is 19.4 Å². The molecule has 0 spiro atoms. The number of carbonyl (C=O) groups is 1. The van der Waals surface area contributed by atoms with Gasteiger partial charge in [0.15, 0.2) is 0 Å². The van der Waals surface area contributed by atoms with Gasteiger partial charge in [-0.05, 0) is 12.8 Å². The van der Waals surface area contributed by atoms with Crippen LogP contribution >= 0.6 is 0 Å². The third-order valence-corrected chi connectivity index (χ3v) is 5.11. The highest BCUT2D eigenvalue weighted by atomic mass is 19.4. The van der Waals surface area contributed by atoms with Gasteiger partial charge in [-0.1, -0.05) is 25.8 Å². The number of alkyl halides is 5. The zero-order valence-corrected chi connectivity index (χ0v) is 14.9. The van der Waals surface area contributed by atoms with Crippen LogP contribution < -0.4 is 0 Å². The summed E-state index contributed by atoms with van der Waals surface area (Å²) in [6.45, 7) is 0.891. The van der Waals surface area contributed by atoms with Crippen molar-refractivity contribution in [1.29, 1.82) is 0 Å². The number of ether oxygens (including phenoxy) is 4. The molecular formula is C17H23F5O5. The molecule has 0 N–H and O–H groups in total. The Kier molecular flexibility index (Phi) is 6.53. The van der Waals surface area contributed by atoms with Crippen molar-refractivity contribution in [3.63, 3.8) is 0 Å². The van der Waals surface area contributed by atoms with Gasteiger partial charge < -0.3 is 18.9 Å². The summed E-state index contributed by atoms with van der Waals surface area (Å²) in [5.74, 6) is -11.1. The highest BCUT2D eigenvalue weighted by Gasteiger charge is 2.86. The topological polar surface area (TPSA) is 54.0 Å². The number of esters is 1. The molecule has 2 aliphatic rings. The number of hydrogen-bond acceptors (Lipinski definition) is 5. The monoisotopic (exact) mass is 402 g/mol. The third-order valence-electron chi connectivity index (χ3n) is 5.11. The third kappa shape index (κ3) is 3.58. The lowest BCUT2D eigenvalue weighted by Gasteiger charge is -2.44. The molecule has 1 heterocycles. The van der Waals surface area contributed by atoms with Crippen molar-refractivity contribution in [3.8, 4) is 0 Å². The Labute approximate surface area is 153 Å². The average Bonchev–Trinajstić information content (AvgIpc) is 2.85. The van der Waals surface area contributed by atoms with E-state index < -0.39 is 48.6 Å².